The monoisotopic (exact) mass is 298 g/mol. The van der Waals surface area contributed by atoms with Crippen LogP contribution in [0, 0.1) is 6.92 Å². The van der Waals surface area contributed by atoms with Crippen LogP contribution in [-0.4, -0.2) is 9.97 Å². The van der Waals surface area contributed by atoms with Gasteiger partial charge in [0.25, 0.3) is 0 Å². The number of halogens is 2. The fourth-order valence-corrected chi connectivity index (χ4v) is 1.61. The highest BCUT2D eigenvalue weighted by molar-refractivity contribution is 9.10. The first-order valence-electron chi connectivity index (χ1n) is 4.57. The molecule has 0 saturated heterocycles. The van der Waals surface area contributed by atoms with Crippen LogP contribution in [0.1, 0.15) is 5.56 Å². The molecule has 0 amide bonds. The summed E-state index contributed by atoms with van der Waals surface area (Å²) in [6, 6.07) is 7.69. The molecular weight excluding hydrogens is 291 g/mol. The van der Waals surface area contributed by atoms with Crippen LogP contribution in [0.4, 0.5) is 0 Å². The Morgan fingerprint density at radius 1 is 1.31 bits per heavy atom. The molecule has 0 unspecified atom stereocenters. The summed E-state index contributed by atoms with van der Waals surface area (Å²) in [5, 5.41) is 0.331. The van der Waals surface area contributed by atoms with Crippen molar-refractivity contribution in [3.63, 3.8) is 0 Å². The van der Waals surface area contributed by atoms with Crippen molar-refractivity contribution in [2.75, 3.05) is 0 Å². The van der Waals surface area contributed by atoms with Crippen LogP contribution in [0.3, 0.4) is 0 Å². The average Bonchev–Trinajstić information content (AvgIpc) is 2.25. The van der Waals surface area contributed by atoms with Crippen LogP contribution in [0.2, 0.25) is 5.15 Å². The number of hydrogen-bond acceptors (Lipinski definition) is 3. The Hall–Kier alpha value is -1.13. The first-order valence-corrected chi connectivity index (χ1v) is 5.74. The molecular formula is C11H8BrClN2O. The van der Waals surface area contributed by atoms with E-state index in [1.807, 2.05) is 31.2 Å². The molecule has 2 rings (SSSR count). The van der Waals surface area contributed by atoms with Gasteiger partial charge in [-0.25, -0.2) is 9.97 Å². The summed E-state index contributed by atoms with van der Waals surface area (Å²) >= 11 is 9.11. The molecule has 0 saturated carbocycles. The van der Waals surface area contributed by atoms with Crippen LogP contribution in [0.5, 0.6) is 11.6 Å². The van der Waals surface area contributed by atoms with E-state index in [9.17, 15) is 0 Å². The van der Waals surface area contributed by atoms with Crippen molar-refractivity contribution >= 4 is 27.5 Å². The number of nitrogens with zero attached hydrogens (tertiary/aromatic N) is 2. The zero-order valence-electron chi connectivity index (χ0n) is 8.45. The number of aromatic nitrogens is 2. The van der Waals surface area contributed by atoms with Crippen molar-refractivity contribution in [2.45, 2.75) is 6.92 Å². The molecule has 0 aliphatic rings. The summed E-state index contributed by atoms with van der Waals surface area (Å²) < 4.78 is 6.14. The number of hydrogen-bond donors (Lipinski definition) is 0. The Balaban J connectivity index is 2.31. The maximum atomic E-state index is 5.83. The van der Waals surface area contributed by atoms with E-state index in [2.05, 4.69) is 25.9 Å². The molecule has 0 atom stereocenters. The van der Waals surface area contributed by atoms with E-state index in [0.29, 0.717) is 15.5 Å². The maximum absolute atomic E-state index is 5.83. The summed E-state index contributed by atoms with van der Waals surface area (Å²) in [4.78, 5) is 7.83. The number of ether oxygens (including phenoxy) is 1. The van der Waals surface area contributed by atoms with E-state index in [4.69, 9.17) is 16.3 Å². The SMILES string of the molecule is Cc1cccc(Oc2ncnc(Cl)c2Br)c1. The third-order valence-electron chi connectivity index (χ3n) is 1.92. The number of rotatable bonds is 2. The van der Waals surface area contributed by atoms with Gasteiger partial charge in [-0.05, 0) is 40.5 Å². The third-order valence-corrected chi connectivity index (χ3v) is 3.15. The zero-order valence-corrected chi connectivity index (χ0v) is 10.8. The van der Waals surface area contributed by atoms with Gasteiger partial charge in [0.1, 0.15) is 16.5 Å². The van der Waals surface area contributed by atoms with Gasteiger partial charge in [0, 0.05) is 0 Å². The minimum atomic E-state index is 0.331. The molecule has 1 heterocycles. The first-order chi connectivity index (χ1) is 7.66. The van der Waals surface area contributed by atoms with Gasteiger partial charge in [0.2, 0.25) is 5.88 Å². The molecule has 5 heteroatoms. The van der Waals surface area contributed by atoms with E-state index in [-0.39, 0.29) is 0 Å². The third kappa shape index (κ3) is 2.51. The fraction of sp³-hybridized carbons (Fsp3) is 0.0909. The van der Waals surface area contributed by atoms with Gasteiger partial charge in [-0.1, -0.05) is 23.7 Å². The highest BCUT2D eigenvalue weighted by atomic mass is 79.9. The van der Waals surface area contributed by atoms with Crippen molar-refractivity contribution in [1.82, 2.24) is 9.97 Å². The maximum Gasteiger partial charge on any atom is 0.238 e. The Morgan fingerprint density at radius 2 is 2.12 bits per heavy atom. The molecule has 3 nitrogen and oxygen atoms in total. The van der Waals surface area contributed by atoms with Crippen molar-refractivity contribution in [2.24, 2.45) is 0 Å². The van der Waals surface area contributed by atoms with Gasteiger partial charge >= 0.3 is 0 Å². The second-order valence-corrected chi connectivity index (χ2v) is 4.35. The minimum absolute atomic E-state index is 0.331. The topological polar surface area (TPSA) is 35.0 Å². The number of benzene rings is 1. The summed E-state index contributed by atoms with van der Waals surface area (Å²) in [5.41, 5.74) is 1.12. The van der Waals surface area contributed by atoms with Gasteiger partial charge in [-0.3, -0.25) is 0 Å². The smallest absolute Gasteiger partial charge is 0.238 e. The van der Waals surface area contributed by atoms with Crippen molar-refractivity contribution in [1.29, 1.82) is 0 Å². The van der Waals surface area contributed by atoms with Crippen LogP contribution in [0.15, 0.2) is 35.1 Å². The molecule has 82 valence electrons. The van der Waals surface area contributed by atoms with Crippen LogP contribution < -0.4 is 4.74 Å². The van der Waals surface area contributed by atoms with Crippen molar-refractivity contribution in [3.8, 4) is 11.6 Å². The lowest BCUT2D eigenvalue weighted by Gasteiger charge is -2.07. The summed E-state index contributed by atoms with van der Waals surface area (Å²) in [6.07, 6.45) is 1.36. The predicted octanol–water partition coefficient (Wildman–Crippen LogP) is 3.99. The van der Waals surface area contributed by atoms with Crippen molar-refractivity contribution in [3.05, 3.63) is 45.8 Å². The van der Waals surface area contributed by atoms with Crippen LogP contribution in [-0.2, 0) is 0 Å². The highest BCUT2D eigenvalue weighted by Crippen LogP contribution is 2.31. The molecule has 0 fully saturated rings. The molecule has 1 aromatic carbocycles. The summed E-state index contributed by atoms with van der Waals surface area (Å²) in [7, 11) is 0. The molecule has 0 radical (unpaired) electrons. The lowest BCUT2D eigenvalue weighted by Crippen LogP contribution is -1.91. The van der Waals surface area contributed by atoms with E-state index in [1.54, 1.807) is 0 Å². The molecule has 0 bridgehead atoms. The standard InChI is InChI=1S/C11H8BrClN2O/c1-7-3-2-4-8(5-7)16-11-9(12)10(13)14-6-15-11/h2-6H,1H3. The molecule has 0 N–H and O–H groups in total. The Kier molecular flexibility index (Phi) is 3.41. The second kappa shape index (κ2) is 4.80. The zero-order chi connectivity index (χ0) is 11.5. The normalized spacial score (nSPS) is 10.2. The minimum Gasteiger partial charge on any atom is -0.438 e. The lowest BCUT2D eigenvalue weighted by atomic mass is 10.2. The molecule has 2 aromatic rings. The Morgan fingerprint density at radius 3 is 2.88 bits per heavy atom. The van der Waals surface area contributed by atoms with E-state index < -0.39 is 0 Å². The quantitative estimate of drug-likeness (QED) is 0.786. The number of aryl methyl sites for hydroxylation is 1. The predicted molar refractivity (Wildman–Crippen MR) is 66.0 cm³/mol. The van der Waals surface area contributed by atoms with Crippen molar-refractivity contribution < 1.29 is 4.74 Å². The van der Waals surface area contributed by atoms with Gasteiger partial charge in [-0.2, -0.15) is 0 Å². The molecule has 0 aliphatic heterocycles. The van der Waals surface area contributed by atoms with E-state index in [0.717, 1.165) is 11.3 Å². The van der Waals surface area contributed by atoms with Gasteiger partial charge in [0.05, 0.1) is 0 Å². The van der Waals surface area contributed by atoms with E-state index in [1.165, 1.54) is 6.33 Å². The van der Waals surface area contributed by atoms with Gasteiger partial charge in [0.15, 0.2) is 5.15 Å². The Labute approximate surface area is 107 Å². The lowest BCUT2D eigenvalue weighted by molar-refractivity contribution is 0.458. The van der Waals surface area contributed by atoms with Crippen LogP contribution in [0.25, 0.3) is 0 Å². The van der Waals surface area contributed by atoms with E-state index >= 15 is 0 Å². The molecule has 0 aliphatic carbocycles. The summed E-state index contributed by atoms with van der Waals surface area (Å²) in [6.45, 7) is 1.99. The molecule has 0 spiro atoms. The molecule has 16 heavy (non-hydrogen) atoms. The Bertz CT molecular complexity index is 519. The first kappa shape index (κ1) is 11.4. The second-order valence-electron chi connectivity index (χ2n) is 3.20. The molecule has 1 aromatic heterocycles. The fourth-order valence-electron chi connectivity index (χ4n) is 1.20. The van der Waals surface area contributed by atoms with Gasteiger partial charge in [-0.15, -0.1) is 0 Å². The van der Waals surface area contributed by atoms with Gasteiger partial charge < -0.3 is 4.74 Å². The average molecular weight is 300 g/mol. The van der Waals surface area contributed by atoms with Crippen LogP contribution >= 0.6 is 27.5 Å². The highest BCUT2D eigenvalue weighted by Gasteiger charge is 2.08. The largest absolute Gasteiger partial charge is 0.438 e. The summed E-state index contributed by atoms with van der Waals surface area (Å²) in [5.74, 6) is 1.13.